The summed E-state index contributed by atoms with van der Waals surface area (Å²) < 4.78 is 104. The third-order valence-electron chi connectivity index (χ3n) is 5.72. The summed E-state index contributed by atoms with van der Waals surface area (Å²) in [6.07, 6.45) is -2.02. The van der Waals surface area contributed by atoms with E-state index in [1.54, 1.807) is 30.3 Å². The number of nitrogens with zero attached hydrogens (tertiary/aromatic N) is 2. The van der Waals surface area contributed by atoms with Gasteiger partial charge in [0.05, 0.1) is 16.2 Å². The first kappa shape index (κ1) is 26.5. The van der Waals surface area contributed by atoms with Gasteiger partial charge >= 0.3 is 6.18 Å². The monoisotopic (exact) mass is 548 g/mol. The SMILES string of the molecule is Cc1c(-c2ccccc2)c(-c2ccc(S(C)(=O)=O)cc2)c(S(=O)(=O)O)c(C(F)(F)F)c1-c1ccncn1. The van der Waals surface area contributed by atoms with Crippen molar-refractivity contribution in [3.8, 4) is 33.5 Å². The zero-order valence-corrected chi connectivity index (χ0v) is 21.0. The second-order valence-electron chi connectivity index (χ2n) is 8.18. The van der Waals surface area contributed by atoms with Crippen molar-refractivity contribution in [1.29, 1.82) is 0 Å². The van der Waals surface area contributed by atoms with Gasteiger partial charge in [0.25, 0.3) is 10.1 Å². The molecular weight excluding hydrogens is 529 g/mol. The zero-order valence-electron chi connectivity index (χ0n) is 19.4. The molecule has 0 fully saturated rings. The van der Waals surface area contributed by atoms with Crippen LogP contribution in [0.5, 0.6) is 0 Å². The number of rotatable bonds is 5. The Bertz CT molecular complexity index is 1690. The van der Waals surface area contributed by atoms with Crippen LogP contribution in [0.4, 0.5) is 13.2 Å². The van der Waals surface area contributed by atoms with Gasteiger partial charge in [-0.15, -0.1) is 0 Å². The Morgan fingerprint density at radius 2 is 1.41 bits per heavy atom. The Labute approximate surface area is 211 Å². The molecule has 4 aromatic rings. The van der Waals surface area contributed by atoms with E-state index in [9.17, 15) is 34.6 Å². The van der Waals surface area contributed by atoms with Crippen molar-refractivity contribution in [3.05, 3.63) is 84.3 Å². The first-order chi connectivity index (χ1) is 17.2. The highest BCUT2D eigenvalue weighted by Crippen LogP contribution is 2.51. The highest BCUT2D eigenvalue weighted by Gasteiger charge is 2.44. The first-order valence-corrected chi connectivity index (χ1v) is 13.9. The molecule has 1 aromatic heterocycles. The first-order valence-electron chi connectivity index (χ1n) is 10.6. The van der Waals surface area contributed by atoms with E-state index < -0.39 is 47.7 Å². The predicted molar refractivity (Wildman–Crippen MR) is 131 cm³/mol. The fraction of sp³-hybridized carbons (Fsp3) is 0.120. The van der Waals surface area contributed by atoms with Crippen molar-refractivity contribution in [2.45, 2.75) is 22.9 Å². The molecule has 0 aliphatic heterocycles. The van der Waals surface area contributed by atoms with E-state index in [1.807, 2.05) is 0 Å². The van der Waals surface area contributed by atoms with E-state index in [2.05, 4.69) is 9.97 Å². The number of halogens is 3. The predicted octanol–water partition coefficient (Wildman–Crippen LogP) is 5.46. The Morgan fingerprint density at radius 1 is 0.811 bits per heavy atom. The molecule has 0 saturated carbocycles. The highest BCUT2D eigenvalue weighted by atomic mass is 32.2. The van der Waals surface area contributed by atoms with Gasteiger partial charge in [-0.05, 0) is 47.4 Å². The smallest absolute Gasteiger partial charge is 0.282 e. The van der Waals surface area contributed by atoms with E-state index in [0.717, 1.165) is 24.7 Å². The van der Waals surface area contributed by atoms with Crippen molar-refractivity contribution in [3.63, 3.8) is 0 Å². The average Bonchev–Trinajstić information content (AvgIpc) is 2.82. The number of sulfone groups is 1. The van der Waals surface area contributed by atoms with Crippen molar-refractivity contribution in [1.82, 2.24) is 9.97 Å². The molecule has 0 aliphatic carbocycles. The summed E-state index contributed by atoms with van der Waals surface area (Å²) in [6.45, 7) is 1.40. The largest absolute Gasteiger partial charge is 0.418 e. The van der Waals surface area contributed by atoms with Gasteiger partial charge in [-0.25, -0.2) is 18.4 Å². The molecule has 37 heavy (non-hydrogen) atoms. The Morgan fingerprint density at radius 3 is 1.89 bits per heavy atom. The molecule has 192 valence electrons. The van der Waals surface area contributed by atoms with Crippen LogP contribution in [0.2, 0.25) is 0 Å². The molecule has 0 radical (unpaired) electrons. The van der Waals surface area contributed by atoms with E-state index in [1.165, 1.54) is 31.3 Å². The minimum absolute atomic E-state index is 0.0401. The van der Waals surface area contributed by atoms with Crippen LogP contribution in [0.15, 0.2) is 83.0 Å². The molecule has 7 nitrogen and oxygen atoms in total. The lowest BCUT2D eigenvalue weighted by Crippen LogP contribution is -2.18. The van der Waals surface area contributed by atoms with Crippen LogP contribution in [-0.4, -0.2) is 37.6 Å². The van der Waals surface area contributed by atoms with Gasteiger partial charge < -0.3 is 0 Å². The molecule has 1 N–H and O–H groups in total. The van der Waals surface area contributed by atoms with Crippen LogP contribution in [0.3, 0.4) is 0 Å². The molecule has 0 atom stereocenters. The lowest BCUT2D eigenvalue weighted by molar-refractivity contribution is -0.139. The van der Waals surface area contributed by atoms with Crippen LogP contribution in [0, 0.1) is 6.92 Å². The maximum Gasteiger partial charge on any atom is 0.418 e. The van der Waals surface area contributed by atoms with Gasteiger partial charge in [0, 0.05) is 23.6 Å². The molecule has 0 saturated heterocycles. The number of benzene rings is 3. The van der Waals surface area contributed by atoms with Crippen LogP contribution >= 0.6 is 0 Å². The van der Waals surface area contributed by atoms with E-state index in [-0.39, 0.29) is 27.3 Å². The highest BCUT2D eigenvalue weighted by molar-refractivity contribution is 7.90. The Balaban J connectivity index is 2.30. The summed E-state index contributed by atoms with van der Waals surface area (Å²) in [5.74, 6) is 0. The summed E-state index contributed by atoms with van der Waals surface area (Å²) in [6, 6.07) is 14.0. The molecule has 0 bridgehead atoms. The van der Waals surface area contributed by atoms with Crippen LogP contribution in [0.25, 0.3) is 33.5 Å². The fourth-order valence-electron chi connectivity index (χ4n) is 4.25. The van der Waals surface area contributed by atoms with Gasteiger partial charge in [0.1, 0.15) is 11.2 Å². The molecule has 1 heterocycles. The maximum absolute atomic E-state index is 14.7. The molecule has 4 rings (SSSR count). The molecule has 0 amide bonds. The quantitative estimate of drug-likeness (QED) is 0.330. The second kappa shape index (κ2) is 9.36. The zero-order chi connectivity index (χ0) is 27.2. The molecule has 0 spiro atoms. The molecular formula is C25H19F3N2O5S2. The van der Waals surface area contributed by atoms with Gasteiger partial charge in [-0.1, -0.05) is 42.5 Å². The van der Waals surface area contributed by atoms with Crippen molar-refractivity contribution in [2.24, 2.45) is 0 Å². The summed E-state index contributed by atoms with van der Waals surface area (Å²) >= 11 is 0. The number of hydrogen-bond donors (Lipinski definition) is 1. The third kappa shape index (κ3) is 5.13. The molecule has 12 heteroatoms. The van der Waals surface area contributed by atoms with E-state index >= 15 is 0 Å². The second-order valence-corrected chi connectivity index (χ2v) is 11.6. The lowest BCUT2D eigenvalue weighted by atomic mass is 9.84. The summed E-state index contributed by atoms with van der Waals surface area (Å²) in [5.41, 5.74) is -2.25. The van der Waals surface area contributed by atoms with Crippen LogP contribution in [-0.2, 0) is 26.1 Å². The van der Waals surface area contributed by atoms with Gasteiger partial charge in [-0.3, -0.25) is 4.55 Å². The van der Waals surface area contributed by atoms with Crippen molar-refractivity contribution >= 4 is 20.0 Å². The summed E-state index contributed by atoms with van der Waals surface area (Å²) in [5, 5.41) is 0. The van der Waals surface area contributed by atoms with E-state index in [4.69, 9.17) is 0 Å². The minimum Gasteiger partial charge on any atom is -0.282 e. The maximum atomic E-state index is 14.7. The standard InChI is InChI=1S/C25H19F3N2O5S2/c1-15-20(16-6-4-3-5-7-16)22(17-8-10-18(11-9-17)36(2,31)32)24(37(33,34)35)23(25(26,27)28)21(15)19-12-13-29-14-30-19/h3-14H,1-2H3,(H,33,34,35). The van der Waals surface area contributed by atoms with Gasteiger partial charge in [0.15, 0.2) is 9.84 Å². The fourth-order valence-corrected chi connectivity index (χ4v) is 5.83. The van der Waals surface area contributed by atoms with Crippen molar-refractivity contribution in [2.75, 3.05) is 6.26 Å². The Hall–Kier alpha value is -3.61. The number of aromatic nitrogens is 2. The topological polar surface area (TPSA) is 114 Å². The van der Waals surface area contributed by atoms with Gasteiger partial charge in [-0.2, -0.15) is 21.6 Å². The molecule has 3 aromatic carbocycles. The summed E-state index contributed by atoms with van der Waals surface area (Å²) in [7, 11) is -9.14. The van der Waals surface area contributed by atoms with Gasteiger partial charge in [0.2, 0.25) is 0 Å². The van der Waals surface area contributed by atoms with Crippen LogP contribution < -0.4 is 0 Å². The molecule has 0 aliphatic rings. The minimum atomic E-state index is -5.49. The number of alkyl halides is 3. The molecule has 0 unspecified atom stereocenters. The van der Waals surface area contributed by atoms with Crippen LogP contribution in [0.1, 0.15) is 11.1 Å². The number of hydrogen-bond acceptors (Lipinski definition) is 6. The normalized spacial score (nSPS) is 12.5. The third-order valence-corrected chi connectivity index (χ3v) is 7.77. The van der Waals surface area contributed by atoms with Crippen molar-refractivity contribution < 1.29 is 34.6 Å². The Kier molecular flexibility index (Phi) is 6.69. The average molecular weight is 549 g/mol. The lowest BCUT2D eigenvalue weighted by Gasteiger charge is -2.25. The summed E-state index contributed by atoms with van der Waals surface area (Å²) in [4.78, 5) is 6.19. The van der Waals surface area contributed by atoms with E-state index in [0.29, 0.717) is 5.56 Å².